The molecule has 0 unspecified atom stereocenters. The summed E-state index contributed by atoms with van der Waals surface area (Å²) in [5.41, 5.74) is -0.179. The second kappa shape index (κ2) is 5.87. The van der Waals surface area contributed by atoms with Crippen LogP contribution in [0, 0.1) is 0 Å². The van der Waals surface area contributed by atoms with E-state index in [9.17, 15) is 18.3 Å². The van der Waals surface area contributed by atoms with Crippen molar-refractivity contribution in [3.05, 3.63) is 48.0 Å². The van der Waals surface area contributed by atoms with Crippen molar-refractivity contribution < 1.29 is 18.3 Å². The monoisotopic (exact) mass is 244 g/mol. The zero-order valence-corrected chi connectivity index (χ0v) is 9.37. The van der Waals surface area contributed by atoms with Crippen LogP contribution in [0.5, 0.6) is 0 Å². The molecule has 0 aliphatic heterocycles. The predicted molar refractivity (Wildman–Crippen MR) is 60.5 cm³/mol. The Morgan fingerprint density at radius 3 is 2.29 bits per heavy atom. The maximum Gasteiger partial charge on any atom is 0.416 e. The molecule has 0 bridgehead atoms. The van der Waals surface area contributed by atoms with Crippen molar-refractivity contribution in [2.24, 2.45) is 0 Å². The van der Waals surface area contributed by atoms with E-state index >= 15 is 0 Å². The van der Waals surface area contributed by atoms with Gasteiger partial charge in [-0.1, -0.05) is 18.2 Å². The summed E-state index contributed by atoms with van der Waals surface area (Å²) in [5.74, 6) is 0. The number of aliphatic hydroxyl groups is 1. The summed E-state index contributed by atoms with van der Waals surface area (Å²) in [6.45, 7) is 3.56. The van der Waals surface area contributed by atoms with Crippen LogP contribution in [0.3, 0.4) is 0 Å². The highest BCUT2D eigenvalue weighted by atomic mass is 19.4. The van der Waals surface area contributed by atoms with Crippen LogP contribution in [-0.4, -0.2) is 5.11 Å². The van der Waals surface area contributed by atoms with Gasteiger partial charge in [0.15, 0.2) is 0 Å². The summed E-state index contributed by atoms with van der Waals surface area (Å²) in [6.07, 6.45) is -1.20. The van der Waals surface area contributed by atoms with Gasteiger partial charge in [-0.25, -0.2) is 0 Å². The highest BCUT2D eigenvalue weighted by Crippen LogP contribution is 2.30. The molecule has 1 atom stereocenters. The molecule has 0 radical (unpaired) electrons. The van der Waals surface area contributed by atoms with Crippen molar-refractivity contribution in [3.8, 4) is 0 Å². The maximum absolute atomic E-state index is 12.3. The van der Waals surface area contributed by atoms with Crippen LogP contribution in [0.15, 0.2) is 36.9 Å². The topological polar surface area (TPSA) is 20.2 Å². The van der Waals surface area contributed by atoms with Crippen molar-refractivity contribution in [3.63, 3.8) is 0 Å². The van der Waals surface area contributed by atoms with E-state index in [1.807, 2.05) is 0 Å². The van der Waals surface area contributed by atoms with Gasteiger partial charge in [0.25, 0.3) is 0 Å². The summed E-state index contributed by atoms with van der Waals surface area (Å²) in [6, 6.07) is 4.63. The minimum absolute atomic E-state index is 0.516. The number of halogens is 3. The average Bonchev–Trinajstić information content (AvgIpc) is 2.28. The van der Waals surface area contributed by atoms with Gasteiger partial charge >= 0.3 is 6.18 Å². The molecule has 0 aromatic heterocycles. The lowest BCUT2D eigenvalue weighted by Crippen LogP contribution is -2.05. The van der Waals surface area contributed by atoms with Crippen LogP contribution in [-0.2, 0) is 6.18 Å². The fourth-order valence-electron chi connectivity index (χ4n) is 1.52. The van der Waals surface area contributed by atoms with E-state index in [4.69, 9.17) is 0 Å². The molecule has 0 spiro atoms. The summed E-state index contributed by atoms with van der Waals surface area (Å²) < 4.78 is 36.9. The zero-order chi connectivity index (χ0) is 12.9. The Kier molecular flexibility index (Phi) is 4.75. The van der Waals surface area contributed by atoms with Crippen molar-refractivity contribution in [2.75, 3.05) is 0 Å². The van der Waals surface area contributed by atoms with Gasteiger partial charge in [-0.05, 0) is 37.0 Å². The maximum atomic E-state index is 12.3. The number of unbranched alkanes of at least 4 members (excludes halogenated alkanes) is 1. The van der Waals surface area contributed by atoms with Gasteiger partial charge in [-0.3, -0.25) is 0 Å². The first-order valence-corrected chi connectivity index (χ1v) is 5.41. The highest BCUT2D eigenvalue weighted by molar-refractivity contribution is 5.25. The van der Waals surface area contributed by atoms with Crippen LogP contribution in [0.1, 0.15) is 36.5 Å². The average molecular weight is 244 g/mol. The molecule has 94 valence electrons. The molecule has 0 aliphatic rings. The first kappa shape index (κ1) is 13.8. The molecule has 0 saturated heterocycles. The summed E-state index contributed by atoms with van der Waals surface area (Å²) in [4.78, 5) is 0. The summed E-state index contributed by atoms with van der Waals surface area (Å²) >= 11 is 0. The second-order valence-electron chi connectivity index (χ2n) is 3.86. The SMILES string of the molecule is C=CCCC[C@H](O)c1ccc(C(F)(F)F)cc1. The third-order valence-electron chi connectivity index (χ3n) is 2.51. The van der Waals surface area contributed by atoms with Gasteiger partial charge in [0, 0.05) is 0 Å². The van der Waals surface area contributed by atoms with E-state index in [2.05, 4.69) is 6.58 Å². The zero-order valence-electron chi connectivity index (χ0n) is 9.37. The van der Waals surface area contributed by atoms with Gasteiger partial charge in [-0.2, -0.15) is 13.2 Å². The van der Waals surface area contributed by atoms with E-state index in [1.165, 1.54) is 12.1 Å². The molecule has 0 fully saturated rings. The number of hydrogen-bond donors (Lipinski definition) is 1. The minimum Gasteiger partial charge on any atom is -0.388 e. The first-order chi connectivity index (χ1) is 7.95. The van der Waals surface area contributed by atoms with Crippen LogP contribution >= 0.6 is 0 Å². The molecule has 0 heterocycles. The lowest BCUT2D eigenvalue weighted by molar-refractivity contribution is -0.137. The summed E-state index contributed by atoms with van der Waals surface area (Å²) in [7, 11) is 0. The van der Waals surface area contributed by atoms with E-state index < -0.39 is 17.8 Å². The van der Waals surface area contributed by atoms with E-state index in [1.54, 1.807) is 6.08 Å². The lowest BCUT2D eigenvalue weighted by Gasteiger charge is -2.12. The van der Waals surface area contributed by atoms with Gasteiger partial charge in [-0.15, -0.1) is 6.58 Å². The Bertz CT molecular complexity index is 354. The number of rotatable bonds is 5. The van der Waals surface area contributed by atoms with Gasteiger partial charge in [0.1, 0.15) is 0 Å². The fourth-order valence-corrected chi connectivity index (χ4v) is 1.52. The smallest absolute Gasteiger partial charge is 0.388 e. The molecule has 1 N–H and O–H groups in total. The third-order valence-corrected chi connectivity index (χ3v) is 2.51. The molecule has 0 amide bonds. The molecule has 1 rings (SSSR count). The van der Waals surface area contributed by atoms with Crippen molar-refractivity contribution in [1.82, 2.24) is 0 Å². The standard InChI is InChI=1S/C13H15F3O/c1-2-3-4-5-12(17)10-6-8-11(9-7-10)13(14,15)16/h2,6-9,12,17H,1,3-5H2/t12-/m0/s1. The van der Waals surface area contributed by atoms with E-state index in [0.717, 1.165) is 25.0 Å². The molecule has 1 aromatic rings. The quantitative estimate of drug-likeness (QED) is 0.610. The second-order valence-corrected chi connectivity index (χ2v) is 3.86. The number of aliphatic hydroxyl groups excluding tert-OH is 1. The molecule has 1 nitrogen and oxygen atoms in total. The Hall–Kier alpha value is -1.29. The third kappa shape index (κ3) is 4.23. The lowest BCUT2D eigenvalue weighted by atomic mass is 10.0. The van der Waals surface area contributed by atoms with Crippen LogP contribution in [0.2, 0.25) is 0 Å². The molecule has 0 saturated carbocycles. The van der Waals surface area contributed by atoms with E-state index in [-0.39, 0.29) is 0 Å². The summed E-state index contributed by atoms with van der Waals surface area (Å²) in [5, 5.41) is 9.73. The predicted octanol–water partition coefficient (Wildman–Crippen LogP) is 4.10. The van der Waals surface area contributed by atoms with E-state index in [0.29, 0.717) is 12.0 Å². The number of benzene rings is 1. The van der Waals surface area contributed by atoms with Crippen molar-refractivity contribution in [1.29, 1.82) is 0 Å². The molecular weight excluding hydrogens is 229 g/mol. The largest absolute Gasteiger partial charge is 0.416 e. The number of hydrogen-bond acceptors (Lipinski definition) is 1. The van der Waals surface area contributed by atoms with Gasteiger partial charge < -0.3 is 5.11 Å². The highest BCUT2D eigenvalue weighted by Gasteiger charge is 2.30. The number of allylic oxidation sites excluding steroid dienone is 1. The van der Waals surface area contributed by atoms with Crippen LogP contribution in [0.25, 0.3) is 0 Å². The first-order valence-electron chi connectivity index (χ1n) is 5.41. The fraction of sp³-hybridized carbons (Fsp3) is 0.385. The van der Waals surface area contributed by atoms with Crippen molar-refractivity contribution >= 4 is 0 Å². The normalized spacial score (nSPS) is 13.4. The molecular formula is C13H15F3O. The molecule has 1 aromatic carbocycles. The molecule has 17 heavy (non-hydrogen) atoms. The Morgan fingerprint density at radius 1 is 1.24 bits per heavy atom. The Balaban J connectivity index is 2.64. The van der Waals surface area contributed by atoms with Gasteiger partial charge in [0.05, 0.1) is 11.7 Å². The van der Waals surface area contributed by atoms with Crippen LogP contribution in [0.4, 0.5) is 13.2 Å². The number of alkyl halides is 3. The molecule has 0 aliphatic carbocycles. The Morgan fingerprint density at radius 2 is 1.82 bits per heavy atom. The minimum atomic E-state index is -4.33. The molecule has 4 heteroatoms. The van der Waals surface area contributed by atoms with Crippen LogP contribution < -0.4 is 0 Å². The van der Waals surface area contributed by atoms with Gasteiger partial charge in [0.2, 0.25) is 0 Å². The van der Waals surface area contributed by atoms with Crippen molar-refractivity contribution in [2.45, 2.75) is 31.5 Å². The Labute approximate surface area is 98.6 Å².